The van der Waals surface area contributed by atoms with Crippen LogP contribution in [0.2, 0.25) is 0 Å². The van der Waals surface area contributed by atoms with Gasteiger partial charge < -0.3 is 5.32 Å². The quantitative estimate of drug-likeness (QED) is 0.707. The van der Waals surface area contributed by atoms with Gasteiger partial charge in [-0.3, -0.25) is 25.2 Å². The third-order valence-electron chi connectivity index (χ3n) is 2.29. The predicted octanol–water partition coefficient (Wildman–Crippen LogP) is 2.61. The lowest BCUT2D eigenvalue weighted by Gasteiger charge is -2.06. The van der Waals surface area contributed by atoms with Gasteiger partial charge in [0.15, 0.2) is 0 Å². The highest BCUT2D eigenvalue weighted by Crippen LogP contribution is 2.26. The van der Waals surface area contributed by atoms with Crippen LogP contribution >= 0.6 is 38.6 Å². The molecule has 2 aromatic rings. The van der Waals surface area contributed by atoms with Crippen LogP contribution in [0.4, 0.5) is 5.00 Å². The highest BCUT2D eigenvalue weighted by atomic mass is 79.9. The van der Waals surface area contributed by atoms with E-state index >= 15 is 0 Å². The lowest BCUT2D eigenvalue weighted by atomic mass is 10.3. The van der Waals surface area contributed by atoms with Crippen molar-refractivity contribution in [2.75, 3.05) is 5.32 Å². The average molecular weight is 388 g/mol. The van der Waals surface area contributed by atoms with Crippen molar-refractivity contribution in [1.29, 1.82) is 0 Å². The Hall–Kier alpha value is -1.71. The van der Waals surface area contributed by atoms with Crippen LogP contribution in [0, 0.1) is 0 Å². The Morgan fingerprint density at radius 2 is 1.86 bits per heavy atom. The molecule has 0 aliphatic heterocycles. The maximum absolute atomic E-state index is 12.0. The van der Waals surface area contributed by atoms with E-state index in [1.807, 2.05) is 0 Å². The molecule has 0 saturated heterocycles. The van der Waals surface area contributed by atoms with Crippen molar-refractivity contribution < 1.29 is 14.4 Å². The summed E-state index contributed by atoms with van der Waals surface area (Å²) in [6.07, 6.45) is 0. The SMILES string of the molecule is CC(=O)NNC(=O)c1ccsc1NC(=O)c1ccc(Br)s1. The van der Waals surface area contributed by atoms with Crippen LogP contribution in [0.15, 0.2) is 27.4 Å². The van der Waals surface area contributed by atoms with Crippen LogP contribution in [0.1, 0.15) is 27.0 Å². The van der Waals surface area contributed by atoms with E-state index < -0.39 is 5.91 Å². The second-order valence-electron chi connectivity index (χ2n) is 3.86. The second kappa shape index (κ2) is 6.83. The third-order valence-corrected chi connectivity index (χ3v) is 4.74. The van der Waals surface area contributed by atoms with Gasteiger partial charge in [-0.15, -0.1) is 22.7 Å². The fourth-order valence-corrected chi connectivity index (χ4v) is 3.46. The molecule has 21 heavy (non-hydrogen) atoms. The van der Waals surface area contributed by atoms with Crippen molar-refractivity contribution in [3.8, 4) is 0 Å². The number of nitrogens with one attached hydrogen (secondary N) is 3. The first-order valence-electron chi connectivity index (χ1n) is 5.68. The van der Waals surface area contributed by atoms with Gasteiger partial charge in [0.1, 0.15) is 5.00 Å². The summed E-state index contributed by atoms with van der Waals surface area (Å²) in [5.74, 6) is -1.16. The van der Waals surface area contributed by atoms with Crippen molar-refractivity contribution in [2.45, 2.75) is 6.92 Å². The second-order valence-corrected chi connectivity index (χ2v) is 7.24. The first kappa shape index (κ1) is 15.7. The van der Waals surface area contributed by atoms with Gasteiger partial charge in [0.05, 0.1) is 14.2 Å². The molecular formula is C12H10BrN3O3S2. The summed E-state index contributed by atoms with van der Waals surface area (Å²) in [5.41, 5.74) is 4.74. The Morgan fingerprint density at radius 1 is 1.10 bits per heavy atom. The molecule has 0 saturated carbocycles. The molecule has 110 valence electrons. The monoisotopic (exact) mass is 387 g/mol. The summed E-state index contributed by atoms with van der Waals surface area (Å²) in [7, 11) is 0. The molecule has 2 aromatic heterocycles. The van der Waals surface area contributed by atoms with Crippen molar-refractivity contribution >= 4 is 61.3 Å². The van der Waals surface area contributed by atoms with E-state index in [9.17, 15) is 14.4 Å². The number of amides is 3. The van der Waals surface area contributed by atoms with Crippen LogP contribution in [-0.4, -0.2) is 17.7 Å². The molecule has 0 unspecified atom stereocenters. The molecule has 0 bridgehead atoms. The minimum absolute atomic E-state index is 0.290. The summed E-state index contributed by atoms with van der Waals surface area (Å²) < 4.78 is 0.849. The molecule has 0 aromatic carbocycles. The Kier molecular flexibility index (Phi) is 5.10. The number of carbonyl (C=O) groups excluding carboxylic acids is 3. The lowest BCUT2D eigenvalue weighted by Crippen LogP contribution is -2.40. The minimum atomic E-state index is -0.492. The van der Waals surface area contributed by atoms with Gasteiger partial charge in [-0.25, -0.2) is 0 Å². The van der Waals surface area contributed by atoms with Gasteiger partial charge in [0.25, 0.3) is 11.8 Å². The first-order valence-corrected chi connectivity index (χ1v) is 8.17. The molecule has 6 nitrogen and oxygen atoms in total. The zero-order chi connectivity index (χ0) is 15.4. The predicted molar refractivity (Wildman–Crippen MR) is 85.6 cm³/mol. The van der Waals surface area contributed by atoms with E-state index in [-0.39, 0.29) is 17.4 Å². The Morgan fingerprint density at radius 3 is 2.48 bits per heavy atom. The standard InChI is InChI=1S/C12H10BrN3O3S2/c1-6(17)15-16-10(18)7-4-5-20-12(7)14-11(19)8-2-3-9(13)21-8/h2-5H,1H3,(H,14,19)(H,15,17)(H,16,18). The van der Waals surface area contributed by atoms with Crippen LogP contribution in [0.3, 0.4) is 0 Å². The number of hydrogen-bond donors (Lipinski definition) is 3. The molecule has 0 spiro atoms. The molecule has 3 amide bonds. The molecule has 0 atom stereocenters. The molecule has 9 heteroatoms. The Bertz CT molecular complexity index is 695. The normalized spacial score (nSPS) is 10.0. The maximum Gasteiger partial charge on any atom is 0.272 e. The van der Waals surface area contributed by atoms with Gasteiger partial charge in [-0.2, -0.15) is 0 Å². The number of carbonyl (C=O) groups is 3. The average Bonchev–Trinajstić information content (AvgIpc) is 3.05. The van der Waals surface area contributed by atoms with Crippen molar-refractivity contribution in [3.05, 3.63) is 37.8 Å². The van der Waals surface area contributed by atoms with Gasteiger partial charge in [0, 0.05) is 6.92 Å². The molecule has 0 aliphatic rings. The Labute approximate surface area is 136 Å². The van der Waals surface area contributed by atoms with E-state index in [1.54, 1.807) is 23.6 Å². The fraction of sp³-hybridized carbons (Fsp3) is 0.0833. The van der Waals surface area contributed by atoms with Crippen molar-refractivity contribution in [2.24, 2.45) is 0 Å². The van der Waals surface area contributed by atoms with Crippen molar-refractivity contribution in [1.82, 2.24) is 10.9 Å². The highest BCUT2D eigenvalue weighted by Gasteiger charge is 2.16. The van der Waals surface area contributed by atoms with Crippen LogP contribution in [-0.2, 0) is 4.79 Å². The van der Waals surface area contributed by atoms with Crippen LogP contribution in [0.25, 0.3) is 0 Å². The van der Waals surface area contributed by atoms with E-state index in [4.69, 9.17) is 0 Å². The summed E-state index contributed by atoms with van der Waals surface area (Å²) in [4.78, 5) is 35.2. The van der Waals surface area contributed by atoms with Gasteiger partial charge in [-0.05, 0) is 39.5 Å². The number of thiophene rings is 2. The molecule has 0 radical (unpaired) electrons. The highest BCUT2D eigenvalue weighted by molar-refractivity contribution is 9.11. The molecule has 0 fully saturated rings. The summed E-state index contributed by atoms with van der Waals surface area (Å²) in [6.45, 7) is 1.28. The van der Waals surface area contributed by atoms with Crippen LogP contribution < -0.4 is 16.2 Å². The van der Waals surface area contributed by atoms with E-state index in [2.05, 4.69) is 32.1 Å². The zero-order valence-electron chi connectivity index (χ0n) is 10.7. The smallest absolute Gasteiger partial charge is 0.272 e. The van der Waals surface area contributed by atoms with Gasteiger partial charge in [-0.1, -0.05) is 0 Å². The maximum atomic E-state index is 12.0. The number of hydrogen-bond acceptors (Lipinski definition) is 5. The lowest BCUT2D eigenvalue weighted by molar-refractivity contribution is -0.119. The third kappa shape index (κ3) is 4.13. The van der Waals surface area contributed by atoms with E-state index in [0.29, 0.717) is 9.88 Å². The molecule has 0 aliphatic carbocycles. The molecule has 3 N–H and O–H groups in total. The van der Waals surface area contributed by atoms with Gasteiger partial charge >= 0.3 is 0 Å². The summed E-state index contributed by atoms with van der Waals surface area (Å²) in [5, 5.41) is 4.79. The minimum Gasteiger partial charge on any atom is -0.312 e. The molecule has 2 rings (SSSR count). The number of hydrazine groups is 1. The fourth-order valence-electron chi connectivity index (χ4n) is 1.40. The number of rotatable bonds is 3. The largest absolute Gasteiger partial charge is 0.312 e. The Balaban J connectivity index is 2.08. The van der Waals surface area contributed by atoms with E-state index in [1.165, 1.54) is 29.6 Å². The van der Waals surface area contributed by atoms with Crippen molar-refractivity contribution in [3.63, 3.8) is 0 Å². The van der Waals surface area contributed by atoms with E-state index in [0.717, 1.165) is 3.79 Å². The number of anilines is 1. The summed E-state index contributed by atoms with van der Waals surface area (Å²) in [6, 6.07) is 5.04. The molecule has 2 heterocycles. The zero-order valence-corrected chi connectivity index (χ0v) is 13.9. The first-order chi connectivity index (χ1) is 9.97. The molecular weight excluding hydrogens is 378 g/mol. The summed E-state index contributed by atoms with van der Waals surface area (Å²) >= 11 is 5.81. The van der Waals surface area contributed by atoms with Crippen LogP contribution in [0.5, 0.6) is 0 Å². The topological polar surface area (TPSA) is 87.3 Å². The van der Waals surface area contributed by atoms with Gasteiger partial charge in [0.2, 0.25) is 5.91 Å². The number of halogens is 1.